The van der Waals surface area contributed by atoms with Gasteiger partial charge in [-0.15, -0.1) is 4.08 Å². The van der Waals surface area contributed by atoms with E-state index in [1.54, 1.807) is 0 Å². The van der Waals surface area contributed by atoms with Gasteiger partial charge in [0, 0.05) is 6.04 Å². The first-order valence-corrected chi connectivity index (χ1v) is 7.46. The second kappa shape index (κ2) is 6.61. The third kappa shape index (κ3) is 4.15. The number of nitrogens with one attached hydrogen (secondary N) is 1. The van der Waals surface area contributed by atoms with Crippen molar-refractivity contribution in [1.29, 1.82) is 0 Å². The van der Waals surface area contributed by atoms with Crippen LogP contribution in [0.4, 0.5) is 4.79 Å². The Bertz CT molecular complexity index is 304. The van der Waals surface area contributed by atoms with Gasteiger partial charge in [0.2, 0.25) is 0 Å². The number of hydrogen-bond acceptors (Lipinski definition) is 6. The summed E-state index contributed by atoms with van der Waals surface area (Å²) < 4.78 is 31.0. The first-order chi connectivity index (χ1) is 7.99. The number of methoxy groups -OCH3 is 1. The van der Waals surface area contributed by atoms with Gasteiger partial charge in [-0.1, -0.05) is 0 Å². The number of carbonyl (C=O) groups excluding carboxylic acids is 1. The Labute approximate surface area is 105 Å². The second-order valence-corrected chi connectivity index (χ2v) is 6.50. The van der Waals surface area contributed by atoms with E-state index >= 15 is 0 Å². The predicted octanol–water partition coefficient (Wildman–Crippen LogP) is 2.16. The van der Waals surface area contributed by atoms with E-state index in [9.17, 15) is 9.36 Å². The van der Waals surface area contributed by atoms with E-state index in [0.29, 0.717) is 19.6 Å². The molecule has 0 spiro atoms. The molecule has 0 aromatic rings. The van der Waals surface area contributed by atoms with E-state index in [0.717, 1.165) is 12.1 Å². The second-order valence-electron chi connectivity index (χ2n) is 3.57. The van der Waals surface area contributed by atoms with Crippen molar-refractivity contribution in [3.8, 4) is 0 Å². The van der Waals surface area contributed by atoms with Gasteiger partial charge < -0.3 is 4.74 Å². The van der Waals surface area contributed by atoms with E-state index in [-0.39, 0.29) is 6.04 Å². The van der Waals surface area contributed by atoms with Gasteiger partial charge in [0.15, 0.2) is 0 Å². The molecule has 1 rings (SSSR count). The molecule has 1 N–H and O–H groups in total. The maximum absolute atomic E-state index is 12.3. The van der Waals surface area contributed by atoms with Gasteiger partial charge in [0.05, 0.1) is 32.5 Å². The minimum atomic E-state index is -3.32. The molecule has 1 aliphatic heterocycles. The highest BCUT2D eigenvalue weighted by atomic mass is 32.2. The molecule has 0 aromatic heterocycles. The molecule has 0 unspecified atom stereocenters. The molecule has 1 heterocycles. The van der Waals surface area contributed by atoms with Crippen molar-refractivity contribution in [1.82, 2.24) is 8.80 Å². The quantitative estimate of drug-likeness (QED) is 0.626. The monoisotopic (exact) mass is 284 g/mol. The van der Waals surface area contributed by atoms with Gasteiger partial charge in [0.25, 0.3) is 0 Å². The summed E-state index contributed by atoms with van der Waals surface area (Å²) in [5.74, 6) is 0. The Kier molecular flexibility index (Phi) is 5.75. The highest BCUT2D eigenvalue weighted by molar-refractivity contribution is 8.00. The number of carbonyl (C=O) groups is 1. The zero-order valence-electron chi connectivity index (χ0n) is 10.0. The number of nitrogens with zero attached hydrogens (tertiary/aromatic N) is 1. The minimum Gasteiger partial charge on any atom is -0.452 e. The molecule has 1 aliphatic rings. The van der Waals surface area contributed by atoms with Crippen molar-refractivity contribution in [2.45, 2.75) is 26.3 Å². The molecular formula is C8H17N2O5PS. The maximum atomic E-state index is 12.3. The molecule has 0 aliphatic carbocycles. The number of hydrogen-bond donors (Lipinski definition) is 1. The normalized spacial score (nSPS) is 19.4. The highest BCUT2D eigenvalue weighted by Gasteiger charge is 2.39. The standard InChI is InChI=1S/C8H17N2O5PS/c1-7(2)10(17-9-8(11)13-3)16(12)14-5-4-6-15-16/h7H,4-6H2,1-3H3,(H,9,11). The van der Waals surface area contributed by atoms with Gasteiger partial charge in [0.1, 0.15) is 0 Å². The van der Waals surface area contributed by atoms with Gasteiger partial charge in [-0.05, 0) is 20.3 Å². The predicted molar refractivity (Wildman–Crippen MR) is 64.2 cm³/mol. The molecule has 9 heteroatoms. The fourth-order valence-corrected chi connectivity index (χ4v) is 3.99. The van der Waals surface area contributed by atoms with Crippen molar-refractivity contribution in [2.24, 2.45) is 0 Å². The molecule has 7 nitrogen and oxygen atoms in total. The largest absolute Gasteiger partial charge is 0.452 e. The summed E-state index contributed by atoms with van der Waals surface area (Å²) in [6.45, 7) is 4.43. The average Bonchev–Trinajstić information content (AvgIpc) is 2.29. The Morgan fingerprint density at radius 3 is 2.53 bits per heavy atom. The van der Waals surface area contributed by atoms with Crippen LogP contribution in [0.2, 0.25) is 0 Å². The number of ether oxygens (including phenoxy) is 1. The van der Waals surface area contributed by atoms with Crippen LogP contribution in [0.15, 0.2) is 0 Å². The summed E-state index contributed by atoms with van der Waals surface area (Å²) in [6, 6.07) is -0.124. The summed E-state index contributed by atoms with van der Waals surface area (Å²) in [7, 11) is -2.07. The van der Waals surface area contributed by atoms with E-state index < -0.39 is 13.8 Å². The molecule has 1 saturated heterocycles. The molecule has 1 fully saturated rings. The van der Waals surface area contributed by atoms with E-state index in [2.05, 4.69) is 9.46 Å². The first kappa shape index (κ1) is 14.8. The summed E-state index contributed by atoms with van der Waals surface area (Å²) in [5.41, 5.74) is 0. The maximum Gasteiger partial charge on any atom is 0.419 e. The van der Waals surface area contributed by atoms with Crippen LogP contribution in [0.1, 0.15) is 20.3 Å². The summed E-state index contributed by atoms with van der Waals surface area (Å²) in [6.07, 6.45) is 0.0923. The van der Waals surface area contributed by atoms with E-state index in [1.165, 1.54) is 11.2 Å². The van der Waals surface area contributed by atoms with Crippen LogP contribution in [0.5, 0.6) is 0 Å². The van der Waals surface area contributed by atoms with Crippen molar-refractivity contribution in [2.75, 3.05) is 20.3 Å². The van der Waals surface area contributed by atoms with Crippen LogP contribution in [0, 0.1) is 0 Å². The number of amides is 1. The fourth-order valence-electron chi connectivity index (χ4n) is 1.13. The molecule has 0 atom stereocenters. The molecule has 17 heavy (non-hydrogen) atoms. The van der Waals surface area contributed by atoms with Crippen LogP contribution >= 0.6 is 19.9 Å². The Hall–Kier alpha value is -0.270. The summed E-state index contributed by atoms with van der Waals surface area (Å²) in [4.78, 5) is 11.0. The minimum absolute atomic E-state index is 0.124. The Balaban J connectivity index is 2.64. The molecule has 100 valence electrons. The molecule has 1 amide bonds. The van der Waals surface area contributed by atoms with Crippen molar-refractivity contribution in [3.05, 3.63) is 0 Å². The van der Waals surface area contributed by atoms with Gasteiger partial charge >= 0.3 is 13.8 Å². The zero-order chi connectivity index (χ0) is 12.9. The lowest BCUT2D eigenvalue weighted by atomic mass is 10.4. The van der Waals surface area contributed by atoms with Crippen molar-refractivity contribution in [3.63, 3.8) is 0 Å². The average molecular weight is 284 g/mol. The lowest BCUT2D eigenvalue weighted by molar-refractivity contribution is 0.122. The van der Waals surface area contributed by atoms with Crippen LogP contribution in [-0.4, -0.2) is 36.5 Å². The lowest BCUT2D eigenvalue weighted by Gasteiger charge is -2.33. The van der Waals surface area contributed by atoms with Gasteiger partial charge in [-0.3, -0.25) is 13.8 Å². The number of rotatable bonds is 4. The van der Waals surface area contributed by atoms with Crippen LogP contribution in [0.3, 0.4) is 0 Å². The van der Waals surface area contributed by atoms with Crippen molar-refractivity contribution < 1.29 is 23.1 Å². The summed E-state index contributed by atoms with van der Waals surface area (Å²) in [5, 5.41) is 0. The Morgan fingerprint density at radius 2 is 2.06 bits per heavy atom. The molecule has 0 radical (unpaired) electrons. The third-order valence-corrected chi connectivity index (χ3v) is 5.56. The van der Waals surface area contributed by atoms with E-state index in [1.807, 2.05) is 13.8 Å². The van der Waals surface area contributed by atoms with Crippen LogP contribution < -0.4 is 4.72 Å². The fraction of sp³-hybridized carbons (Fsp3) is 0.875. The zero-order valence-corrected chi connectivity index (χ0v) is 11.8. The van der Waals surface area contributed by atoms with Crippen molar-refractivity contribution >= 4 is 26.0 Å². The smallest absolute Gasteiger partial charge is 0.419 e. The van der Waals surface area contributed by atoms with Crippen LogP contribution in [-0.2, 0) is 18.3 Å². The lowest BCUT2D eigenvalue weighted by Crippen LogP contribution is -2.31. The third-order valence-electron chi connectivity index (χ3n) is 1.89. The highest BCUT2D eigenvalue weighted by Crippen LogP contribution is 2.57. The van der Waals surface area contributed by atoms with Gasteiger partial charge in [-0.25, -0.2) is 9.36 Å². The van der Waals surface area contributed by atoms with E-state index in [4.69, 9.17) is 9.05 Å². The van der Waals surface area contributed by atoms with Gasteiger partial charge in [-0.2, -0.15) is 0 Å². The Morgan fingerprint density at radius 1 is 1.47 bits per heavy atom. The SMILES string of the molecule is COC(=O)NSN(C(C)C)P1(=O)OCCCO1. The van der Waals surface area contributed by atoms with Crippen LogP contribution in [0.25, 0.3) is 0 Å². The topological polar surface area (TPSA) is 77.1 Å². The first-order valence-electron chi connectivity index (χ1n) is 5.19. The molecule has 0 aromatic carbocycles. The molecular weight excluding hydrogens is 267 g/mol. The summed E-state index contributed by atoms with van der Waals surface area (Å²) >= 11 is 0.863. The molecule has 0 bridgehead atoms. The molecule has 0 saturated carbocycles.